The molecule has 0 radical (unpaired) electrons. The third kappa shape index (κ3) is 5.05. The molecule has 1 aliphatic rings. The van der Waals surface area contributed by atoms with Gasteiger partial charge < -0.3 is 19.9 Å². The molecule has 0 bridgehead atoms. The zero-order valence-electron chi connectivity index (χ0n) is 19.2. The zero-order valence-corrected chi connectivity index (χ0v) is 19.2. The number of likely N-dealkylation sites (tertiary alicyclic amines) is 1. The fraction of sp³-hybridized carbons (Fsp3) is 0.360. The van der Waals surface area contributed by atoms with E-state index in [1.807, 2.05) is 25.7 Å². The highest BCUT2D eigenvalue weighted by molar-refractivity contribution is 5.94. The van der Waals surface area contributed by atoms with E-state index in [1.54, 1.807) is 42.7 Å². The van der Waals surface area contributed by atoms with Crippen LogP contribution < -0.4 is 21.8 Å². The summed E-state index contributed by atoms with van der Waals surface area (Å²) in [6.07, 6.45) is 7.91. The van der Waals surface area contributed by atoms with E-state index in [2.05, 4.69) is 19.9 Å². The molecule has 4 rings (SSSR count). The Morgan fingerprint density at radius 1 is 1.00 bits per heavy atom. The van der Waals surface area contributed by atoms with E-state index in [0.717, 1.165) is 38.0 Å². The van der Waals surface area contributed by atoms with Crippen molar-refractivity contribution in [3.8, 4) is 0 Å². The first-order valence-corrected chi connectivity index (χ1v) is 11.2. The Kier molecular flexibility index (Phi) is 6.18. The topological polar surface area (TPSA) is 115 Å². The Morgan fingerprint density at radius 2 is 1.67 bits per heavy atom. The Labute approximate surface area is 191 Å². The molecule has 2 aromatic heterocycles. The van der Waals surface area contributed by atoms with Crippen molar-refractivity contribution in [2.45, 2.75) is 45.4 Å². The quantitative estimate of drug-likeness (QED) is 0.562. The van der Waals surface area contributed by atoms with Crippen molar-refractivity contribution in [1.29, 1.82) is 0 Å². The maximum atomic E-state index is 12.8. The third-order valence-corrected chi connectivity index (χ3v) is 5.77. The van der Waals surface area contributed by atoms with Crippen LogP contribution in [0, 0.1) is 0 Å². The highest BCUT2D eigenvalue weighted by Crippen LogP contribution is 2.22. The first-order chi connectivity index (χ1) is 15.7. The molecule has 1 saturated heterocycles. The minimum atomic E-state index is -0.429. The molecule has 0 spiro atoms. The Hall–Kier alpha value is -3.68. The first kappa shape index (κ1) is 22.5. The number of nitrogens with zero attached hydrogens (tertiary/aromatic N) is 2. The molecule has 1 fully saturated rings. The van der Waals surface area contributed by atoms with Crippen molar-refractivity contribution in [3.05, 3.63) is 84.5 Å². The van der Waals surface area contributed by atoms with Gasteiger partial charge in [0.15, 0.2) is 0 Å². The molecule has 3 heterocycles. The summed E-state index contributed by atoms with van der Waals surface area (Å²) in [6.45, 7) is 7.64. The molecule has 8 heteroatoms. The lowest BCUT2D eigenvalue weighted by molar-refractivity contribution is 0.0724. The van der Waals surface area contributed by atoms with E-state index in [0.29, 0.717) is 16.8 Å². The van der Waals surface area contributed by atoms with Gasteiger partial charge in [0.25, 0.3) is 17.0 Å². The fourth-order valence-corrected chi connectivity index (χ4v) is 4.06. The van der Waals surface area contributed by atoms with Crippen molar-refractivity contribution in [2.75, 3.05) is 13.1 Å². The summed E-state index contributed by atoms with van der Waals surface area (Å²) in [5.74, 6) is -0.00837. The SMILES string of the molecule is CC(C)(C)c1[nH]cnc1/C=c1\[nH]c(=O)/c(=C/c2cccc(C(=O)N3CCCCC3)c2)[nH]c1=O. The maximum Gasteiger partial charge on any atom is 0.272 e. The number of nitrogens with one attached hydrogen (secondary N) is 3. The lowest BCUT2D eigenvalue weighted by Gasteiger charge is -2.26. The van der Waals surface area contributed by atoms with Gasteiger partial charge in [-0.1, -0.05) is 32.9 Å². The number of imidazole rings is 1. The second-order valence-electron chi connectivity index (χ2n) is 9.42. The predicted molar refractivity (Wildman–Crippen MR) is 128 cm³/mol. The molecule has 1 aromatic carbocycles. The highest BCUT2D eigenvalue weighted by Gasteiger charge is 2.19. The average molecular weight is 448 g/mol. The monoisotopic (exact) mass is 447 g/mol. The number of aromatic nitrogens is 4. The fourth-order valence-electron chi connectivity index (χ4n) is 4.06. The van der Waals surface area contributed by atoms with Crippen LogP contribution in [0.5, 0.6) is 0 Å². The van der Waals surface area contributed by atoms with Crippen LogP contribution in [-0.4, -0.2) is 43.8 Å². The van der Waals surface area contributed by atoms with Gasteiger partial charge in [-0.2, -0.15) is 0 Å². The summed E-state index contributed by atoms with van der Waals surface area (Å²) in [6, 6.07) is 7.09. The Balaban J connectivity index is 1.69. The molecule has 8 nitrogen and oxygen atoms in total. The second kappa shape index (κ2) is 9.05. The lowest BCUT2D eigenvalue weighted by Crippen LogP contribution is -2.46. The van der Waals surface area contributed by atoms with Gasteiger partial charge in [0.05, 0.1) is 12.0 Å². The van der Waals surface area contributed by atoms with Gasteiger partial charge in [0.1, 0.15) is 10.7 Å². The van der Waals surface area contributed by atoms with Crippen LogP contribution >= 0.6 is 0 Å². The van der Waals surface area contributed by atoms with Crippen LogP contribution in [0.2, 0.25) is 0 Å². The molecular weight excluding hydrogens is 418 g/mol. The minimum absolute atomic E-state index is 0.00837. The van der Waals surface area contributed by atoms with Gasteiger partial charge in [-0.3, -0.25) is 14.4 Å². The van der Waals surface area contributed by atoms with Crippen LogP contribution in [0.15, 0.2) is 40.2 Å². The van der Waals surface area contributed by atoms with Crippen LogP contribution in [0.3, 0.4) is 0 Å². The smallest absolute Gasteiger partial charge is 0.272 e. The molecule has 1 amide bonds. The summed E-state index contributed by atoms with van der Waals surface area (Å²) >= 11 is 0. The van der Waals surface area contributed by atoms with Gasteiger partial charge in [-0.25, -0.2) is 4.98 Å². The van der Waals surface area contributed by atoms with E-state index in [1.165, 1.54) is 0 Å². The van der Waals surface area contributed by atoms with E-state index in [4.69, 9.17) is 0 Å². The van der Waals surface area contributed by atoms with Crippen molar-refractivity contribution in [3.63, 3.8) is 0 Å². The highest BCUT2D eigenvalue weighted by atomic mass is 16.2. The second-order valence-corrected chi connectivity index (χ2v) is 9.42. The molecule has 0 atom stereocenters. The molecule has 33 heavy (non-hydrogen) atoms. The summed E-state index contributed by atoms with van der Waals surface area (Å²) in [5.41, 5.74) is 1.66. The number of rotatable bonds is 3. The van der Waals surface area contributed by atoms with Crippen molar-refractivity contribution in [2.24, 2.45) is 0 Å². The number of H-pyrrole nitrogens is 3. The summed E-state index contributed by atoms with van der Waals surface area (Å²) < 4.78 is 0. The maximum absolute atomic E-state index is 12.8. The number of benzene rings is 1. The van der Waals surface area contributed by atoms with E-state index >= 15 is 0 Å². The van der Waals surface area contributed by atoms with Crippen molar-refractivity contribution in [1.82, 2.24) is 24.8 Å². The van der Waals surface area contributed by atoms with Crippen molar-refractivity contribution >= 4 is 18.1 Å². The number of piperidine rings is 1. The van der Waals surface area contributed by atoms with Gasteiger partial charge in [-0.05, 0) is 49.1 Å². The first-order valence-electron chi connectivity index (χ1n) is 11.2. The number of carbonyl (C=O) groups excluding carboxylic acids is 1. The number of hydrogen-bond acceptors (Lipinski definition) is 4. The Bertz CT molecular complexity index is 1400. The summed E-state index contributed by atoms with van der Waals surface area (Å²) in [7, 11) is 0. The summed E-state index contributed by atoms with van der Waals surface area (Å²) in [5, 5.41) is 0.251. The van der Waals surface area contributed by atoms with Crippen LogP contribution in [0.25, 0.3) is 12.2 Å². The van der Waals surface area contributed by atoms with E-state index in [-0.39, 0.29) is 22.0 Å². The lowest BCUT2D eigenvalue weighted by atomic mass is 9.90. The summed E-state index contributed by atoms with van der Waals surface area (Å²) in [4.78, 5) is 52.7. The molecule has 0 unspecified atom stereocenters. The molecule has 3 aromatic rings. The van der Waals surface area contributed by atoms with Gasteiger partial charge in [0, 0.05) is 29.8 Å². The zero-order chi connectivity index (χ0) is 23.6. The van der Waals surface area contributed by atoms with E-state index < -0.39 is 11.1 Å². The standard InChI is InChI=1S/C25H29N5O3/c1-25(2,3)21-18(26-15-27-21)14-20-23(32)28-19(22(31)29-20)13-16-8-7-9-17(12-16)24(33)30-10-5-4-6-11-30/h7-9,12-15H,4-6,10-11H2,1-3H3,(H,26,27)(H,28,32)(H,29,31)/b19-13-,20-14-. The van der Waals surface area contributed by atoms with Crippen LogP contribution in [0.4, 0.5) is 0 Å². The van der Waals surface area contributed by atoms with Gasteiger partial charge >= 0.3 is 0 Å². The molecular formula is C25H29N5O3. The predicted octanol–water partition coefficient (Wildman–Crippen LogP) is 1.37. The average Bonchev–Trinajstić information content (AvgIpc) is 3.26. The number of amides is 1. The largest absolute Gasteiger partial charge is 0.348 e. The Morgan fingerprint density at radius 3 is 2.33 bits per heavy atom. The van der Waals surface area contributed by atoms with Crippen LogP contribution in [-0.2, 0) is 5.41 Å². The van der Waals surface area contributed by atoms with Gasteiger partial charge in [-0.15, -0.1) is 0 Å². The molecule has 172 valence electrons. The number of aromatic amines is 3. The number of carbonyl (C=O) groups is 1. The molecule has 3 N–H and O–H groups in total. The van der Waals surface area contributed by atoms with Crippen molar-refractivity contribution < 1.29 is 4.79 Å². The van der Waals surface area contributed by atoms with Gasteiger partial charge in [0.2, 0.25) is 0 Å². The van der Waals surface area contributed by atoms with Crippen LogP contribution in [0.1, 0.15) is 67.3 Å². The minimum Gasteiger partial charge on any atom is -0.348 e. The van der Waals surface area contributed by atoms with E-state index in [9.17, 15) is 14.4 Å². The molecule has 0 saturated carbocycles. The molecule has 1 aliphatic heterocycles. The normalized spacial score (nSPS) is 15.8. The third-order valence-electron chi connectivity index (χ3n) is 5.77. The molecule has 0 aliphatic carbocycles. The number of hydrogen-bond donors (Lipinski definition) is 3.